The summed E-state index contributed by atoms with van der Waals surface area (Å²) in [7, 11) is 1.68. The first-order chi connectivity index (χ1) is 12.2. The van der Waals surface area contributed by atoms with Crippen LogP contribution in [0.15, 0.2) is 53.7 Å². The van der Waals surface area contributed by atoms with E-state index in [1.54, 1.807) is 19.3 Å². The van der Waals surface area contributed by atoms with E-state index >= 15 is 0 Å². The molecule has 2 rings (SSSR count). The SMILES string of the molecule is CN=C(NCCCOC(C)c1ccccc1)NCc1ncccc1F.I. The summed E-state index contributed by atoms with van der Waals surface area (Å²) in [5.41, 5.74) is 1.54. The van der Waals surface area contributed by atoms with Gasteiger partial charge in [0.15, 0.2) is 5.96 Å². The van der Waals surface area contributed by atoms with E-state index in [0.29, 0.717) is 24.8 Å². The second kappa shape index (κ2) is 12.6. The van der Waals surface area contributed by atoms with Gasteiger partial charge in [0.25, 0.3) is 0 Å². The molecule has 1 aromatic heterocycles. The van der Waals surface area contributed by atoms with Crippen molar-refractivity contribution in [1.82, 2.24) is 15.6 Å². The van der Waals surface area contributed by atoms with E-state index in [0.717, 1.165) is 6.42 Å². The van der Waals surface area contributed by atoms with Crippen LogP contribution in [-0.2, 0) is 11.3 Å². The molecule has 0 radical (unpaired) electrons. The summed E-state index contributed by atoms with van der Waals surface area (Å²) in [4.78, 5) is 8.12. The summed E-state index contributed by atoms with van der Waals surface area (Å²) < 4.78 is 19.4. The summed E-state index contributed by atoms with van der Waals surface area (Å²) in [6.45, 7) is 3.69. The Labute approximate surface area is 171 Å². The van der Waals surface area contributed by atoms with Crippen molar-refractivity contribution in [2.24, 2.45) is 4.99 Å². The van der Waals surface area contributed by atoms with Gasteiger partial charge in [0, 0.05) is 26.4 Å². The lowest BCUT2D eigenvalue weighted by Crippen LogP contribution is -2.38. The molecule has 7 heteroatoms. The van der Waals surface area contributed by atoms with Crippen LogP contribution in [0.2, 0.25) is 0 Å². The molecule has 5 nitrogen and oxygen atoms in total. The fraction of sp³-hybridized carbons (Fsp3) is 0.368. The van der Waals surface area contributed by atoms with E-state index in [4.69, 9.17) is 4.74 Å². The summed E-state index contributed by atoms with van der Waals surface area (Å²) in [5, 5.41) is 6.23. The van der Waals surface area contributed by atoms with Crippen molar-refractivity contribution in [2.45, 2.75) is 26.0 Å². The molecule has 0 aliphatic carbocycles. The number of benzene rings is 1. The molecule has 0 spiro atoms. The summed E-state index contributed by atoms with van der Waals surface area (Å²) in [6, 6.07) is 13.1. The van der Waals surface area contributed by atoms with Crippen LogP contribution in [0.3, 0.4) is 0 Å². The molecule has 0 aliphatic heterocycles. The predicted molar refractivity (Wildman–Crippen MR) is 113 cm³/mol. The highest BCUT2D eigenvalue weighted by atomic mass is 127. The van der Waals surface area contributed by atoms with Crippen LogP contribution in [0.4, 0.5) is 4.39 Å². The summed E-state index contributed by atoms with van der Waals surface area (Å²) in [5.74, 6) is 0.287. The van der Waals surface area contributed by atoms with E-state index < -0.39 is 0 Å². The topological polar surface area (TPSA) is 58.5 Å². The highest BCUT2D eigenvalue weighted by molar-refractivity contribution is 14.0. The average Bonchev–Trinajstić information content (AvgIpc) is 2.65. The normalized spacial score (nSPS) is 12.2. The minimum atomic E-state index is -0.325. The highest BCUT2D eigenvalue weighted by Crippen LogP contribution is 2.15. The Morgan fingerprint density at radius 3 is 2.65 bits per heavy atom. The maximum Gasteiger partial charge on any atom is 0.191 e. The van der Waals surface area contributed by atoms with Gasteiger partial charge in [-0.3, -0.25) is 9.98 Å². The van der Waals surface area contributed by atoms with Crippen molar-refractivity contribution in [1.29, 1.82) is 0 Å². The molecule has 0 saturated heterocycles. The minimum absolute atomic E-state index is 0. The molecule has 1 aromatic carbocycles. The van der Waals surface area contributed by atoms with Gasteiger partial charge in [0.2, 0.25) is 0 Å². The monoisotopic (exact) mass is 472 g/mol. The van der Waals surface area contributed by atoms with Crippen molar-refractivity contribution in [3.8, 4) is 0 Å². The van der Waals surface area contributed by atoms with Gasteiger partial charge < -0.3 is 15.4 Å². The van der Waals surface area contributed by atoms with Crippen LogP contribution in [0, 0.1) is 5.82 Å². The zero-order chi connectivity index (χ0) is 17.9. The van der Waals surface area contributed by atoms with Crippen molar-refractivity contribution in [2.75, 3.05) is 20.2 Å². The maximum atomic E-state index is 13.5. The van der Waals surface area contributed by atoms with Gasteiger partial charge in [0.05, 0.1) is 18.3 Å². The molecule has 2 N–H and O–H groups in total. The highest BCUT2D eigenvalue weighted by Gasteiger charge is 2.05. The number of nitrogens with one attached hydrogen (secondary N) is 2. The van der Waals surface area contributed by atoms with Gasteiger partial charge in [-0.25, -0.2) is 4.39 Å². The van der Waals surface area contributed by atoms with Gasteiger partial charge in [-0.1, -0.05) is 30.3 Å². The Bertz CT molecular complexity index is 670. The maximum absolute atomic E-state index is 13.5. The predicted octanol–water partition coefficient (Wildman–Crippen LogP) is 3.67. The Balaban J connectivity index is 0.00000338. The number of aliphatic imine (C=N–C) groups is 1. The average molecular weight is 472 g/mol. The van der Waals surface area contributed by atoms with Crippen LogP contribution in [0.1, 0.15) is 30.7 Å². The van der Waals surface area contributed by atoms with Crippen LogP contribution in [0.5, 0.6) is 0 Å². The number of pyridine rings is 1. The van der Waals surface area contributed by atoms with E-state index in [2.05, 4.69) is 32.7 Å². The first kappa shape index (κ1) is 22.3. The Morgan fingerprint density at radius 1 is 1.19 bits per heavy atom. The fourth-order valence-corrected chi connectivity index (χ4v) is 2.30. The van der Waals surface area contributed by atoms with Crippen molar-refractivity contribution in [3.05, 3.63) is 65.7 Å². The molecule has 0 fully saturated rings. The van der Waals surface area contributed by atoms with Crippen LogP contribution >= 0.6 is 24.0 Å². The lowest BCUT2D eigenvalue weighted by atomic mass is 10.1. The number of nitrogens with zero attached hydrogens (tertiary/aromatic N) is 2. The quantitative estimate of drug-likeness (QED) is 0.267. The standard InChI is InChI=1S/C19H25FN4O.HI/c1-15(16-8-4-3-5-9-16)25-13-7-12-23-19(21-2)24-14-18-17(20)10-6-11-22-18;/h3-6,8-11,15H,7,12-14H2,1-2H3,(H2,21,23,24);1H. The van der Waals surface area contributed by atoms with Gasteiger partial charge >= 0.3 is 0 Å². The Morgan fingerprint density at radius 2 is 1.96 bits per heavy atom. The largest absolute Gasteiger partial charge is 0.374 e. The van der Waals surface area contributed by atoms with Crippen molar-refractivity contribution in [3.63, 3.8) is 0 Å². The molecule has 1 heterocycles. The van der Waals surface area contributed by atoms with E-state index in [1.165, 1.54) is 11.6 Å². The third kappa shape index (κ3) is 7.65. The Hall–Kier alpha value is -1.74. The van der Waals surface area contributed by atoms with E-state index in [1.807, 2.05) is 25.1 Å². The summed E-state index contributed by atoms with van der Waals surface area (Å²) >= 11 is 0. The number of aromatic nitrogens is 1. The van der Waals surface area contributed by atoms with E-state index in [-0.39, 0.29) is 42.4 Å². The van der Waals surface area contributed by atoms with Crippen LogP contribution in [0.25, 0.3) is 0 Å². The number of ether oxygens (including phenoxy) is 1. The van der Waals surface area contributed by atoms with Crippen molar-refractivity contribution >= 4 is 29.9 Å². The fourth-order valence-electron chi connectivity index (χ4n) is 2.30. The smallest absolute Gasteiger partial charge is 0.191 e. The van der Waals surface area contributed by atoms with Gasteiger partial charge in [-0.05, 0) is 31.0 Å². The molecule has 1 unspecified atom stereocenters. The first-order valence-electron chi connectivity index (χ1n) is 8.41. The molecule has 1 atom stereocenters. The number of hydrogen-bond donors (Lipinski definition) is 2. The van der Waals surface area contributed by atoms with Gasteiger partial charge in [0.1, 0.15) is 5.82 Å². The second-order valence-corrected chi connectivity index (χ2v) is 5.56. The van der Waals surface area contributed by atoms with Crippen molar-refractivity contribution < 1.29 is 9.13 Å². The van der Waals surface area contributed by atoms with Gasteiger partial charge in [-0.15, -0.1) is 24.0 Å². The molecule has 26 heavy (non-hydrogen) atoms. The number of hydrogen-bond acceptors (Lipinski definition) is 3. The molecule has 142 valence electrons. The third-order valence-electron chi connectivity index (χ3n) is 3.73. The number of rotatable bonds is 8. The molecular formula is C19H26FIN4O. The Kier molecular flexibility index (Phi) is 10.8. The minimum Gasteiger partial charge on any atom is -0.374 e. The molecular weight excluding hydrogens is 446 g/mol. The first-order valence-corrected chi connectivity index (χ1v) is 8.41. The zero-order valence-corrected chi connectivity index (χ0v) is 17.4. The van der Waals surface area contributed by atoms with Crippen LogP contribution < -0.4 is 10.6 Å². The number of halogens is 2. The molecule has 0 aliphatic rings. The molecule has 0 amide bonds. The second-order valence-electron chi connectivity index (χ2n) is 5.56. The molecule has 0 bridgehead atoms. The lowest BCUT2D eigenvalue weighted by molar-refractivity contribution is 0.0646. The summed E-state index contributed by atoms with van der Waals surface area (Å²) in [6.07, 6.45) is 2.49. The zero-order valence-electron chi connectivity index (χ0n) is 15.1. The van der Waals surface area contributed by atoms with Crippen LogP contribution in [-0.4, -0.2) is 31.1 Å². The number of guanidine groups is 1. The van der Waals surface area contributed by atoms with Gasteiger partial charge in [-0.2, -0.15) is 0 Å². The molecule has 2 aromatic rings. The van der Waals surface area contributed by atoms with E-state index in [9.17, 15) is 4.39 Å². The lowest BCUT2D eigenvalue weighted by Gasteiger charge is -2.15. The third-order valence-corrected chi connectivity index (χ3v) is 3.73. The molecule has 0 saturated carbocycles.